The lowest BCUT2D eigenvalue weighted by molar-refractivity contribution is -0.913. The van der Waals surface area contributed by atoms with Crippen LogP contribution < -0.4 is 0 Å². The molecule has 0 aromatic rings. The summed E-state index contributed by atoms with van der Waals surface area (Å²) in [5, 5.41) is 0. The lowest BCUT2D eigenvalue weighted by Crippen LogP contribution is -2.54. The van der Waals surface area contributed by atoms with Crippen molar-refractivity contribution in [3.8, 4) is 0 Å². The average Bonchev–Trinajstić information content (AvgIpc) is 2.72. The zero-order chi connectivity index (χ0) is 20.0. The summed E-state index contributed by atoms with van der Waals surface area (Å²) in [7, 11) is 4.60. The number of piperazine rings is 1. The summed E-state index contributed by atoms with van der Waals surface area (Å²) < 4.78 is 2.11. The fourth-order valence-electron chi connectivity index (χ4n) is 5.25. The molecule has 28 heavy (non-hydrogen) atoms. The third-order valence-corrected chi connectivity index (χ3v) is 7.51. The van der Waals surface area contributed by atoms with Crippen LogP contribution >= 0.6 is 0 Å². The first-order valence-electron chi connectivity index (χ1n) is 11.6. The van der Waals surface area contributed by atoms with E-state index in [-0.39, 0.29) is 11.8 Å². The van der Waals surface area contributed by atoms with Gasteiger partial charge in [-0.15, -0.1) is 0 Å². The predicted molar refractivity (Wildman–Crippen MR) is 112 cm³/mol. The van der Waals surface area contributed by atoms with E-state index in [1.165, 1.54) is 64.7 Å². The summed E-state index contributed by atoms with van der Waals surface area (Å²) in [5.41, 5.74) is 0. The Hall–Kier alpha value is -1.14. The number of likely N-dealkylation sites (tertiary alicyclic amines) is 2. The van der Waals surface area contributed by atoms with E-state index in [9.17, 15) is 9.59 Å². The van der Waals surface area contributed by atoms with E-state index in [1.807, 2.05) is 9.80 Å². The van der Waals surface area contributed by atoms with E-state index >= 15 is 0 Å². The Morgan fingerprint density at radius 2 is 0.929 bits per heavy atom. The number of carbonyl (C=O) groups is 2. The third kappa shape index (κ3) is 5.93. The van der Waals surface area contributed by atoms with Gasteiger partial charge in [-0.1, -0.05) is 0 Å². The van der Waals surface area contributed by atoms with Crippen LogP contribution in [0.5, 0.6) is 0 Å². The predicted octanol–water partition coefficient (Wildman–Crippen LogP) is 1.70. The van der Waals surface area contributed by atoms with E-state index < -0.39 is 0 Å². The third-order valence-electron chi connectivity index (χ3n) is 7.51. The van der Waals surface area contributed by atoms with Crippen molar-refractivity contribution in [3.05, 3.63) is 0 Å². The highest BCUT2D eigenvalue weighted by molar-refractivity contribution is 5.78. The van der Waals surface area contributed by atoms with Crippen molar-refractivity contribution in [3.63, 3.8) is 0 Å². The van der Waals surface area contributed by atoms with Crippen LogP contribution in [0.4, 0.5) is 0 Å². The number of nitrogens with zero attached hydrogens (tertiary/aromatic N) is 4. The van der Waals surface area contributed by atoms with Gasteiger partial charge >= 0.3 is 0 Å². The molecule has 0 N–H and O–H groups in total. The van der Waals surface area contributed by atoms with Crippen LogP contribution in [0.15, 0.2) is 0 Å². The lowest BCUT2D eigenvalue weighted by Gasteiger charge is -2.40. The molecule has 0 saturated carbocycles. The zero-order valence-electron chi connectivity index (χ0n) is 18.3. The summed E-state index contributed by atoms with van der Waals surface area (Å²) in [4.78, 5) is 29.3. The van der Waals surface area contributed by atoms with Crippen LogP contribution in [0.1, 0.15) is 51.4 Å². The molecule has 0 spiro atoms. The van der Waals surface area contributed by atoms with E-state index in [4.69, 9.17) is 0 Å². The van der Waals surface area contributed by atoms with Gasteiger partial charge in [0.1, 0.15) is 0 Å². The molecule has 160 valence electrons. The molecule has 0 radical (unpaired) electrons. The number of hydrogen-bond acceptors (Lipinski definition) is 2. The topological polar surface area (TPSA) is 40.6 Å². The molecule has 3 aliphatic rings. The number of carbonyl (C=O) groups excluding carboxylic acids is 2. The van der Waals surface area contributed by atoms with Gasteiger partial charge in [-0.3, -0.25) is 9.59 Å². The Balaban J connectivity index is 1.36. The molecule has 3 aliphatic heterocycles. The molecule has 0 aromatic carbocycles. The molecule has 6 nitrogen and oxygen atoms in total. The van der Waals surface area contributed by atoms with Crippen LogP contribution in [-0.2, 0) is 9.59 Å². The second-order valence-electron chi connectivity index (χ2n) is 9.96. The summed E-state index contributed by atoms with van der Waals surface area (Å²) in [6.07, 6.45) is 9.17. The normalized spacial score (nSPS) is 24.8. The highest BCUT2D eigenvalue weighted by atomic mass is 16.2. The minimum absolute atomic E-state index is 0.281. The maximum Gasteiger partial charge on any atom is 0.228 e. The smallest absolute Gasteiger partial charge is 0.228 e. The van der Waals surface area contributed by atoms with Crippen molar-refractivity contribution in [1.82, 2.24) is 9.80 Å². The number of amides is 2. The Bertz CT molecular complexity index is 483. The maximum absolute atomic E-state index is 12.6. The Kier molecular flexibility index (Phi) is 7.37. The van der Waals surface area contributed by atoms with Crippen molar-refractivity contribution in [2.24, 2.45) is 0 Å². The fourth-order valence-corrected chi connectivity index (χ4v) is 5.25. The van der Waals surface area contributed by atoms with Gasteiger partial charge in [-0.05, 0) is 38.5 Å². The van der Waals surface area contributed by atoms with Crippen molar-refractivity contribution in [2.45, 2.75) is 51.4 Å². The summed E-state index contributed by atoms with van der Waals surface area (Å²) >= 11 is 0. The molecule has 2 amide bonds. The number of rotatable bonds is 6. The van der Waals surface area contributed by atoms with Crippen LogP contribution in [0.3, 0.4) is 0 Å². The fraction of sp³-hybridized carbons (Fsp3) is 0.909. The second-order valence-corrected chi connectivity index (χ2v) is 9.96. The molecule has 3 saturated heterocycles. The van der Waals surface area contributed by atoms with Crippen LogP contribution in [0, 0.1) is 0 Å². The molecule has 3 rings (SSSR count). The molecule has 3 heterocycles. The SMILES string of the molecule is C[N+]1(CCC(=O)N2CCN(C(=O)CC[N+]3(C)CCCCC3)CC2)CCCCC1. The molecule has 0 atom stereocenters. The molecule has 6 heteroatoms. The Labute approximate surface area is 171 Å². The Morgan fingerprint density at radius 3 is 1.25 bits per heavy atom. The van der Waals surface area contributed by atoms with Crippen LogP contribution in [0.2, 0.25) is 0 Å². The molecule has 0 aromatic heterocycles. The van der Waals surface area contributed by atoms with Crippen molar-refractivity contribution in [1.29, 1.82) is 0 Å². The van der Waals surface area contributed by atoms with Gasteiger partial charge in [0.15, 0.2) is 0 Å². The lowest BCUT2D eigenvalue weighted by atomic mass is 10.1. The molecule has 0 bridgehead atoms. The quantitative estimate of drug-likeness (QED) is 0.644. The Morgan fingerprint density at radius 1 is 0.607 bits per heavy atom. The standard InChI is InChI=1S/C22H42N4O2/c1-25(15-5-3-6-16-25)19-9-21(27)23-11-13-24(14-12-23)22(28)10-20-26(2)17-7-4-8-18-26/h3-20H2,1-2H3/q+2. The maximum atomic E-state index is 12.6. The van der Waals surface area contributed by atoms with Gasteiger partial charge in [0.05, 0.1) is 66.2 Å². The van der Waals surface area contributed by atoms with Crippen molar-refractivity contribution < 1.29 is 18.6 Å². The van der Waals surface area contributed by atoms with E-state index in [2.05, 4.69) is 14.1 Å². The average molecular weight is 395 g/mol. The van der Waals surface area contributed by atoms with Gasteiger partial charge in [0.25, 0.3) is 0 Å². The van der Waals surface area contributed by atoms with E-state index in [0.29, 0.717) is 39.0 Å². The van der Waals surface area contributed by atoms with Gasteiger partial charge in [-0.25, -0.2) is 0 Å². The molecular formula is C22H42N4O2+2. The van der Waals surface area contributed by atoms with Crippen molar-refractivity contribution in [2.75, 3.05) is 79.5 Å². The van der Waals surface area contributed by atoms with Gasteiger partial charge in [-0.2, -0.15) is 0 Å². The highest BCUT2D eigenvalue weighted by Gasteiger charge is 2.30. The second kappa shape index (κ2) is 9.57. The zero-order valence-corrected chi connectivity index (χ0v) is 18.3. The first-order valence-corrected chi connectivity index (χ1v) is 11.6. The van der Waals surface area contributed by atoms with Crippen LogP contribution in [-0.4, -0.2) is 110 Å². The number of hydrogen-bond donors (Lipinski definition) is 0. The minimum atomic E-state index is 0.281. The number of piperidine rings is 2. The number of quaternary nitrogens is 2. The van der Waals surface area contributed by atoms with Gasteiger partial charge in [0.2, 0.25) is 11.8 Å². The minimum Gasteiger partial charge on any atom is -0.339 e. The molecule has 3 fully saturated rings. The molecular weight excluding hydrogens is 352 g/mol. The first-order chi connectivity index (χ1) is 13.4. The van der Waals surface area contributed by atoms with Gasteiger partial charge in [0, 0.05) is 26.2 Å². The molecule has 0 unspecified atom stereocenters. The monoisotopic (exact) mass is 394 g/mol. The highest BCUT2D eigenvalue weighted by Crippen LogP contribution is 2.18. The van der Waals surface area contributed by atoms with Gasteiger partial charge < -0.3 is 18.8 Å². The summed E-state index contributed by atoms with van der Waals surface area (Å²) in [5.74, 6) is 0.562. The van der Waals surface area contributed by atoms with E-state index in [1.54, 1.807) is 0 Å². The first kappa shape index (κ1) is 21.6. The summed E-state index contributed by atoms with van der Waals surface area (Å²) in [6.45, 7) is 9.63. The largest absolute Gasteiger partial charge is 0.339 e. The van der Waals surface area contributed by atoms with Crippen molar-refractivity contribution >= 4 is 11.8 Å². The van der Waals surface area contributed by atoms with E-state index in [0.717, 1.165) is 22.1 Å². The van der Waals surface area contributed by atoms with Crippen LogP contribution in [0.25, 0.3) is 0 Å². The summed E-state index contributed by atoms with van der Waals surface area (Å²) in [6, 6.07) is 0. The molecule has 0 aliphatic carbocycles.